The first-order valence-electron chi connectivity index (χ1n) is 10.9. The van der Waals surface area contributed by atoms with Gasteiger partial charge in [-0.15, -0.1) is 4.52 Å². The van der Waals surface area contributed by atoms with E-state index in [1.807, 2.05) is 27.7 Å². The molecule has 3 rings (SSSR count). The maximum absolute atomic E-state index is 12.7. The predicted octanol–water partition coefficient (Wildman–Crippen LogP) is 3.48. The number of anilines is 1. The van der Waals surface area contributed by atoms with Gasteiger partial charge in [0.1, 0.15) is 24.1 Å². The summed E-state index contributed by atoms with van der Waals surface area (Å²) in [4.78, 5) is 14.9. The Balaban J connectivity index is 1.90. The monoisotopic (exact) mass is 481 g/mol. The van der Waals surface area contributed by atoms with E-state index in [1.165, 1.54) is 10.9 Å². The van der Waals surface area contributed by atoms with Crippen LogP contribution in [0.3, 0.4) is 0 Å². The van der Waals surface area contributed by atoms with E-state index in [4.69, 9.17) is 20.5 Å². The molecule has 2 aromatic rings. The highest BCUT2D eigenvalue weighted by Gasteiger charge is 2.49. The Morgan fingerprint density at radius 1 is 1.36 bits per heavy atom. The summed E-state index contributed by atoms with van der Waals surface area (Å²) in [6.45, 7) is 7.64. The van der Waals surface area contributed by atoms with Crippen LogP contribution >= 0.6 is 8.03 Å². The fourth-order valence-corrected chi connectivity index (χ4v) is 5.30. The molecule has 3 heterocycles. The number of azide groups is 1. The van der Waals surface area contributed by atoms with E-state index in [9.17, 15) is 14.8 Å². The summed E-state index contributed by atoms with van der Waals surface area (Å²) in [5.74, 6) is -0.0715. The normalized spacial score (nSPS) is 25.2. The van der Waals surface area contributed by atoms with Crippen LogP contribution in [0.4, 0.5) is 11.8 Å². The topological polar surface area (TPSA) is 194 Å². The average Bonchev–Trinajstić information content (AvgIpc) is 3.27. The quantitative estimate of drug-likeness (QED) is 0.197. The smallest absolute Gasteiger partial charge is 0.388 e. The van der Waals surface area contributed by atoms with E-state index in [1.54, 1.807) is 0 Å². The van der Waals surface area contributed by atoms with Gasteiger partial charge >= 0.3 is 8.03 Å². The maximum atomic E-state index is 12.7. The molecule has 0 aliphatic carbocycles. The van der Waals surface area contributed by atoms with E-state index in [0.29, 0.717) is 6.42 Å². The summed E-state index contributed by atoms with van der Waals surface area (Å²) < 4.78 is 26.0. The van der Waals surface area contributed by atoms with Gasteiger partial charge in [-0.1, -0.05) is 20.8 Å². The number of imidazole rings is 1. The Bertz CT molecular complexity index is 1060. The number of nitrogen functional groups attached to an aromatic ring is 1. The minimum Gasteiger partial charge on any atom is -0.388 e. The van der Waals surface area contributed by atoms with Gasteiger partial charge < -0.3 is 20.7 Å². The van der Waals surface area contributed by atoms with E-state index >= 15 is 0 Å². The van der Waals surface area contributed by atoms with Gasteiger partial charge in [0.2, 0.25) is 5.95 Å². The molecular weight excluding hydrogens is 451 g/mol. The molecule has 0 spiro atoms. The number of aliphatic hydroxyl groups excluding tert-OH is 2. The van der Waals surface area contributed by atoms with Crippen LogP contribution in [0.5, 0.6) is 0 Å². The third-order valence-electron chi connectivity index (χ3n) is 6.14. The van der Waals surface area contributed by atoms with E-state index in [2.05, 4.69) is 25.0 Å². The van der Waals surface area contributed by atoms with E-state index in [0.717, 1.165) is 12.8 Å². The van der Waals surface area contributed by atoms with Gasteiger partial charge in [0, 0.05) is 11.3 Å². The second-order valence-electron chi connectivity index (χ2n) is 8.30. The Morgan fingerprint density at radius 3 is 2.67 bits per heavy atom. The first-order valence-corrected chi connectivity index (χ1v) is 12.1. The molecule has 14 heteroatoms. The van der Waals surface area contributed by atoms with Crippen molar-refractivity contribution in [1.82, 2.24) is 19.5 Å². The van der Waals surface area contributed by atoms with Crippen molar-refractivity contribution in [3.63, 3.8) is 0 Å². The lowest BCUT2D eigenvalue weighted by atomic mass is 9.93. The number of rotatable bonds is 10. The summed E-state index contributed by atoms with van der Waals surface area (Å²) >= 11 is 0. The molecule has 0 amide bonds. The zero-order valence-electron chi connectivity index (χ0n) is 19.1. The lowest BCUT2D eigenvalue weighted by molar-refractivity contribution is -0.0615. The lowest BCUT2D eigenvalue weighted by Gasteiger charge is -2.27. The van der Waals surface area contributed by atoms with Gasteiger partial charge in [0.05, 0.1) is 6.10 Å². The van der Waals surface area contributed by atoms with Crippen LogP contribution in [0, 0.1) is 0 Å². The van der Waals surface area contributed by atoms with Crippen LogP contribution in [0.25, 0.3) is 21.6 Å². The van der Waals surface area contributed by atoms with Crippen LogP contribution < -0.4 is 5.73 Å². The molecule has 6 atom stereocenters. The molecule has 1 saturated heterocycles. The van der Waals surface area contributed by atoms with Crippen LogP contribution in [-0.2, 0) is 13.8 Å². The van der Waals surface area contributed by atoms with Crippen molar-refractivity contribution < 1.29 is 24.0 Å². The van der Waals surface area contributed by atoms with Gasteiger partial charge in [0.15, 0.2) is 28.9 Å². The summed E-state index contributed by atoms with van der Waals surface area (Å²) in [7, 11) is -1.92. The van der Waals surface area contributed by atoms with Crippen LogP contribution in [-0.4, -0.2) is 59.3 Å². The third kappa shape index (κ3) is 4.93. The minimum absolute atomic E-state index is 0.0625. The van der Waals surface area contributed by atoms with Crippen LogP contribution in [0.2, 0.25) is 0 Å². The molecular formula is C19H30N8O5P+. The van der Waals surface area contributed by atoms with Crippen molar-refractivity contribution in [2.24, 2.45) is 5.11 Å². The zero-order valence-corrected chi connectivity index (χ0v) is 20.0. The standard InChI is InChI=1S/C19H30N8O5P/c1-5-10(6-2)33(30)32-19(4,7-3)8-11-13(28)14(29)17(31-11)27-16-12(15(20)22-9-23-16)24-18(27)25-26-21/h9-11,13-14,17,28-29H,5-8H2,1-4H3,(H2,20,22,23)/q+1/t11-,13-,14-,17?,19+/m1/s1. The van der Waals surface area contributed by atoms with Crippen LogP contribution in [0.1, 0.15) is 59.6 Å². The Hall–Kier alpha value is -2.40. The average molecular weight is 481 g/mol. The molecule has 13 nitrogen and oxygen atoms in total. The molecule has 180 valence electrons. The molecule has 1 aliphatic rings. The number of aliphatic hydroxyl groups is 2. The van der Waals surface area contributed by atoms with Crippen molar-refractivity contribution in [3.8, 4) is 0 Å². The fourth-order valence-electron chi connectivity index (χ4n) is 3.92. The van der Waals surface area contributed by atoms with Crippen LogP contribution in [0.15, 0.2) is 11.4 Å². The molecule has 0 radical (unpaired) electrons. The highest BCUT2D eigenvalue weighted by molar-refractivity contribution is 7.40. The Labute approximate surface area is 191 Å². The van der Waals surface area contributed by atoms with E-state index < -0.39 is 38.2 Å². The number of fused-ring (bicyclic) bond motifs is 1. The number of hydrogen-bond donors (Lipinski definition) is 3. The van der Waals surface area contributed by atoms with Gasteiger partial charge in [0.25, 0.3) is 0 Å². The SMILES string of the molecule is CCC(CC)[P+](=O)O[C@@](C)(CC)C[C@H]1OC(n2c(N=[N+]=[N-])nc3c(N)ncnc32)[C@H](O)[C@@H]1O. The molecule has 4 N–H and O–H groups in total. The number of ether oxygens (including phenoxy) is 1. The fraction of sp³-hybridized carbons (Fsp3) is 0.737. The van der Waals surface area contributed by atoms with Crippen molar-refractivity contribution in [2.75, 3.05) is 5.73 Å². The highest BCUT2D eigenvalue weighted by Crippen LogP contribution is 2.44. The van der Waals surface area contributed by atoms with Crippen molar-refractivity contribution in [2.45, 2.75) is 89.2 Å². The predicted molar refractivity (Wildman–Crippen MR) is 121 cm³/mol. The maximum Gasteiger partial charge on any atom is 0.511 e. The first-order chi connectivity index (χ1) is 15.7. The molecule has 1 aliphatic heterocycles. The lowest BCUT2D eigenvalue weighted by Crippen LogP contribution is -2.38. The number of hydrogen-bond acceptors (Lipinski definition) is 10. The Morgan fingerprint density at radius 2 is 2.06 bits per heavy atom. The highest BCUT2D eigenvalue weighted by atomic mass is 31.1. The molecule has 0 aromatic carbocycles. The second-order valence-corrected chi connectivity index (χ2v) is 9.79. The molecule has 33 heavy (non-hydrogen) atoms. The zero-order chi connectivity index (χ0) is 24.3. The van der Waals surface area contributed by atoms with Crippen molar-refractivity contribution >= 4 is 31.0 Å². The van der Waals surface area contributed by atoms with Gasteiger partial charge in [-0.3, -0.25) is 4.57 Å². The van der Waals surface area contributed by atoms with Gasteiger partial charge in [-0.25, -0.2) is 15.0 Å². The molecule has 0 bridgehead atoms. The van der Waals surface area contributed by atoms with Gasteiger partial charge in [-0.05, 0) is 41.4 Å². The van der Waals surface area contributed by atoms with E-state index in [-0.39, 0.29) is 35.0 Å². The molecule has 0 saturated carbocycles. The molecule has 2 aromatic heterocycles. The molecule has 2 unspecified atom stereocenters. The number of nitrogens with two attached hydrogens (primary N) is 1. The van der Waals surface area contributed by atoms with Crippen molar-refractivity contribution in [3.05, 3.63) is 16.8 Å². The van der Waals surface area contributed by atoms with Crippen molar-refractivity contribution in [1.29, 1.82) is 0 Å². The molecule has 1 fully saturated rings. The number of nitrogens with zero attached hydrogens (tertiary/aromatic N) is 7. The third-order valence-corrected chi connectivity index (χ3v) is 8.09. The summed E-state index contributed by atoms with van der Waals surface area (Å²) in [6.07, 6.45) is -1.30. The second kappa shape index (κ2) is 10.3. The summed E-state index contributed by atoms with van der Waals surface area (Å²) in [5, 5.41) is 25.1. The summed E-state index contributed by atoms with van der Waals surface area (Å²) in [6, 6.07) is 0. The number of aromatic nitrogens is 4. The van der Waals surface area contributed by atoms with Gasteiger partial charge in [-0.2, -0.15) is 0 Å². The minimum atomic E-state index is -1.92. The largest absolute Gasteiger partial charge is 0.511 e. The first kappa shape index (κ1) is 25.2. The summed E-state index contributed by atoms with van der Waals surface area (Å²) in [5.41, 5.74) is 14.3. The Kier molecular flexibility index (Phi) is 7.84.